The van der Waals surface area contributed by atoms with E-state index >= 15 is 0 Å². The second kappa shape index (κ2) is 6.18. The molecule has 3 heteroatoms. The highest BCUT2D eigenvalue weighted by molar-refractivity contribution is 5.15. The van der Waals surface area contributed by atoms with Gasteiger partial charge in [-0.05, 0) is 38.9 Å². The van der Waals surface area contributed by atoms with Gasteiger partial charge >= 0.3 is 0 Å². The first kappa shape index (κ1) is 14.0. The molecule has 1 aliphatic rings. The molecule has 3 nitrogen and oxygen atoms in total. The van der Waals surface area contributed by atoms with Crippen molar-refractivity contribution in [2.45, 2.75) is 24.8 Å². The lowest BCUT2D eigenvalue weighted by atomic mass is 9.87. The molecule has 1 saturated heterocycles. The van der Waals surface area contributed by atoms with Crippen LogP contribution < -0.4 is 0 Å². The van der Waals surface area contributed by atoms with Crippen LogP contribution in [-0.4, -0.2) is 49.1 Å². The Morgan fingerprint density at radius 1 is 1.21 bits per heavy atom. The van der Waals surface area contributed by atoms with Gasteiger partial charge < -0.3 is 4.90 Å². The highest BCUT2D eigenvalue weighted by atomic mass is 15.2. The van der Waals surface area contributed by atoms with Gasteiger partial charge in [0.1, 0.15) is 5.54 Å². The van der Waals surface area contributed by atoms with E-state index in [2.05, 4.69) is 46.2 Å². The maximum absolute atomic E-state index is 9.40. The van der Waals surface area contributed by atoms with E-state index < -0.39 is 0 Å². The number of hydrogen-bond donors (Lipinski definition) is 0. The molecule has 0 bridgehead atoms. The van der Waals surface area contributed by atoms with Gasteiger partial charge in [-0.3, -0.25) is 4.90 Å². The molecular weight excluding hydrogens is 234 g/mol. The van der Waals surface area contributed by atoms with Crippen LogP contribution in [-0.2, 0) is 6.42 Å². The SMILES string of the molecule is CN(C)C1(C#N)CCN(CCc2ccccc2)CC1. The van der Waals surface area contributed by atoms with Crippen LogP contribution in [0.5, 0.6) is 0 Å². The number of hydrogen-bond acceptors (Lipinski definition) is 3. The summed E-state index contributed by atoms with van der Waals surface area (Å²) in [5.74, 6) is 0. The molecule has 0 spiro atoms. The van der Waals surface area contributed by atoms with Crippen LogP contribution in [0.1, 0.15) is 18.4 Å². The van der Waals surface area contributed by atoms with Crippen molar-refractivity contribution in [3.05, 3.63) is 35.9 Å². The average molecular weight is 257 g/mol. The minimum absolute atomic E-state index is 0.247. The quantitative estimate of drug-likeness (QED) is 0.828. The monoisotopic (exact) mass is 257 g/mol. The average Bonchev–Trinajstić information content (AvgIpc) is 2.46. The van der Waals surface area contributed by atoms with Crippen LogP contribution in [0.2, 0.25) is 0 Å². The van der Waals surface area contributed by atoms with Crippen molar-refractivity contribution in [2.24, 2.45) is 0 Å². The van der Waals surface area contributed by atoms with Gasteiger partial charge in [-0.15, -0.1) is 0 Å². The largest absolute Gasteiger partial charge is 0.303 e. The zero-order valence-electron chi connectivity index (χ0n) is 12.0. The van der Waals surface area contributed by atoms with Gasteiger partial charge in [-0.2, -0.15) is 5.26 Å². The molecule has 2 rings (SSSR count). The molecular formula is C16H23N3. The maximum Gasteiger partial charge on any atom is 0.111 e. The molecule has 0 amide bonds. The third kappa shape index (κ3) is 3.34. The summed E-state index contributed by atoms with van der Waals surface area (Å²) in [6.45, 7) is 3.15. The number of benzene rings is 1. The normalized spacial score (nSPS) is 19.3. The van der Waals surface area contributed by atoms with Crippen LogP contribution in [0.15, 0.2) is 30.3 Å². The van der Waals surface area contributed by atoms with E-state index in [1.54, 1.807) is 0 Å². The number of nitrogens with zero attached hydrogens (tertiary/aromatic N) is 3. The molecule has 0 N–H and O–H groups in total. The Kier molecular flexibility index (Phi) is 4.57. The molecule has 0 unspecified atom stereocenters. The van der Waals surface area contributed by atoms with Crippen LogP contribution in [0.4, 0.5) is 0 Å². The van der Waals surface area contributed by atoms with Gasteiger partial charge in [0.25, 0.3) is 0 Å². The Labute approximate surface area is 116 Å². The van der Waals surface area contributed by atoms with Crippen molar-refractivity contribution in [3.8, 4) is 6.07 Å². The van der Waals surface area contributed by atoms with Gasteiger partial charge in [0, 0.05) is 19.6 Å². The fourth-order valence-electron chi connectivity index (χ4n) is 2.74. The summed E-state index contributed by atoms with van der Waals surface area (Å²) in [5.41, 5.74) is 1.15. The molecule has 1 fully saturated rings. The first-order chi connectivity index (χ1) is 9.16. The van der Waals surface area contributed by atoms with Gasteiger partial charge in [-0.25, -0.2) is 0 Å². The van der Waals surface area contributed by atoms with Crippen LogP contribution in [0.25, 0.3) is 0 Å². The second-order valence-electron chi connectivity index (χ2n) is 5.62. The van der Waals surface area contributed by atoms with Crippen molar-refractivity contribution in [1.82, 2.24) is 9.80 Å². The molecule has 19 heavy (non-hydrogen) atoms. The van der Waals surface area contributed by atoms with E-state index in [-0.39, 0.29) is 5.54 Å². The zero-order chi connectivity index (χ0) is 13.7. The van der Waals surface area contributed by atoms with Crippen molar-refractivity contribution in [3.63, 3.8) is 0 Å². The summed E-state index contributed by atoms with van der Waals surface area (Å²) < 4.78 is 0. The van der Waals surface area contributed by atoms with Crippen molar-refractivity contribution < 1.29 is 0 Å². The Morgan fingerprint density at radius 3 is 2.37 bits per heavy atom. The number of nitriles is 1. The molecule has 0 aromatic heterocycles. The van der Waals surface area contributed by atoms with Crippen molar-refractivity contribution in [2.75, 3.05) is 33.7 Å². The van der Waals surface area contributed by atoms with E-state index in [1.165, 1.54) is 5.56 Å². The summed E-state index contributed by atoms with van der Waals surface area (Å²) in [4.78, 5) is 4.56. The predicted octanol–water partition coefficient (Wildman–Crippen LogP) is 2.15. The molecule has 0 radical (unpaired) electrons. The van der Waals surface area contributed by atoms with E-state index in [9.17, 15) is 5.26 Å². The fraction of sp³-hybridized carbons (Fsp3) is 0.562. The van der Waals surface area contributed by atoms with Crippen LogP contribution in [0, 0.1) is 11.3 Å². The van der Waals surface area contributed by atoms with E-state index in [4.69, 9.17) is 0 Å². The van der Waals surface area contributed by atoms with Crippen LogP contribution in [0.3, 0.4) is 0 Å². The molecule has 0 aliphatic carbocycles. The third-order valence-corrected chi connectivity index (χ3v) is 4.31. The highest BCUT2D eigenvalue weighted by Crippen LogP contribution is 2.26. The summed E-state index contributed by atoms with van der Waals surface area (Å²) in [7, 11) is 4.03. The lowest BCUT2D eigenvalue weighted by molar-refractivity contribution is 0.0991. The maximum atomic E-state index is 9.40. The Morgan fingerprint density at radius 2 is 1.84 bits per heavy atom. The molecule has 1 aromatic carbocycles. The highest BCUT2D eigenvalue weighted by Gasteiger charge is 2.36. The van der Waals surface area contributed by atoms with Crippen molar-refractivity contribution >= 4 is 0 Å². The lowest BCUT2D eigenvalue weighted by Crippen LogP contribution is -2.52. The van der Waals surface area contributed by atoms with Gasteiger partial charge in [0.2, 0.25) is 0 Å². The van der Waals surface area contributed by atoms with Gasteiger partial charge in [0.15, 0.2) is 0 Å². The van der Waals surface area contributed by atoms with E-state index in [0.29, 0.717) is 0 Å². The number of rotatable bonds is 4. The Balaban J connectivity index is 1.83. The number of likely N-dealkylation sites (tertiary alicyclic amines) is 1. The summed E-state index contributed by atoms with van der Waals surface area (Å²) in [5, 5.41) is 9.40. The Hall–Kier alpha value is -1.37. The molecule has 1 heterocycles. The second-order valence-corrected chi connectivity index (χ2v) is 5.62. The molecule has 0 saturated carbocycles. The molecule has 1 aliphatic heterocycles. The summed E-state index contributed by atoms with van der Waals surface area (Å²) in [6.07, 6.45) is 3.00. The third-order valence-electron chi connectivity index (χ3n) is 4.31. The topological polar surface area (TPSA) is 30.3 Å². The minimum Gasteiger partial charge on any atom is -0.303 e. The first-order valence-corrected chi connectivity index (χ1v) is 7.01. The summed E-state index contributed by atoms with van der Waals surface area (Å²) >= 11 is 0. The van der Waals surface area contributed by atoms with Gasteiger partial charge in [0.05, 0.1) is 6.07 Å². The molecule has 0 atom stereocenters. The molecule has 1 aromatic rings. The number of piperidine rings is 1. The van der Waals surface area contributed by atoms with Crippen molar-refractivity contribution in [1.29, 1.82) is 5.26 Å². The lowest BCUT2D eigenvalue weighted by Gasteiger charge is -2.41. The standard InChI is InChI=1S/C16H23N3/c1-18(2)16(14-17)9-12-19(13-10-16)11-8-15-6-4-3-5-7-15/h3-7H,8-13H2,1-2H3. The zero-order valence-corrected chi connectivity index (χ0v) is 12.0. The molecule has 102 valence electrons. The predicted molar refractivity (Wildman–Crippen MR) is 77.9 cm³/mol. The Bertz CT molecular complexity index is 425. The van der Waals surface area contributed by atoms with Crippen LogP contribution >= 0.6 is 0 Å². The van der Waals surface area contributed by atoms with E-state index in [1.807, 2.05) is 14.1 Å². The smallest absolute Gasteiger partial charge is 0.111 e. The minimum atomic E-state index is -0.247. The first-order valence-electron chi connectivity index (χ1n) is 7.01. The summed E-state index contributed by atoms with van der Waals surface area (Å²) in [6, 6.07) is 13.1. The fourth-order valence-corrected chi connectivity index (χ4v) is 2.74. The van der Waals surface area contributed by atoms with Gasteiger partial charge in [-0.1, -0.05) is 30.3 Å². The van der Waals surface area contributed by atoms with E-state index in [0.717, 1.165) is 38.9 Å².